The van der Waals surface area contributed by atoms with Gasteiger partial charge in [-0.2, -0.15) is 11.3 Å². The van der Waals surface area contributed by atoms with Crippen LogP contribution < -0.4 is 10.6 Å². The van der Waals surface area contributed by atoms with E-state index in [1.165, 1.54) is 0 Å². The van der Waals surface area contributed by atoms with Crippen LogP contribution in [0, 0.1) is 13.8 Å². The van der Waals surface area contributed by atoms with Crippen molar-refractivity contribution < 1.29 is 9.59 Å². The van der Waals surface area contributed by atoms with Crippen LogP contribution in [0.15, 0.2) is 35.0 Å². The van der Waals surface area contributed by atoms with Crippen molar-refractivity contribution in [1.29, 1.82) is 0 Å². The van der Waals surface area contributed by atoms with Crippen LogP contribution in [0.2, 0.25) is 0 Å². The number of carbonyl (C=O) groups excluding carboxylic acids is 2. The second kappa shape index (κ2) is 9.77. The average molecular weight is 463 g/mol. The van der Waals surface area contributed by atoms with Gasteiger partial charge in [-0.15, -0.1) is 0 Å². The van der Waals surface area contributed by atoms with Crippen LogP contribution in [-0.4, -0.2) is 47.9 Å². The van der Waals surface area contributed by atoms with E-state index in [-0.39, 0.29) is 11.8 Å². The Hall–Kier alpha value is -3.16. The molecule has 172 valence electrons. The largest absolute Gasteiger partial charge is 0.358 e. The first kappa shape index (κ1) is 23.0. The molecule has 2 amide bonds. The van der Waals surface area contributed by atoms with E-state index >= 15 is 0 Å². The van der Waals surface area contributed by atoms with E-state index in [0.29, 0.717) is 17.7 Å². The van der Waals surface area contributed by atoms with Crippen molar-refractivity contribution in [2.75, 3.05) is 31.5 Å². The maximum absolute atomic E-state index is 12.9. The number of amides is 2. The van der Waals surface area contributed by atoms with Crippen molar-refractivity contribution in [3.63, 3.8) is 0 Å². The van der Waals surface area contributed by atoms with Crippen molar-refractivity contribution in [3.05, 3.63) is 63.1 Å². The molecule has 7 heteroatoms. The summed E-state index contributed by atoms with van der Waals surface area (Å²) in [5.41, 5.74) is 7.55. The van der Waals surface area contributed by atoms with Crippen LogP contribution in [-0.2, 0) is 4.79 Å². The maximum Gasteiger partial charge on any atom is 0.256 e. The predicted octanol–water partition coefficient (Wildman–Crippen LogP) is 4.92. The molecular weight excluding hydrogens is 432 g/mol. The number of aromatic nitrogens is 1. The molecule has 0 atom stereocenters. The van der Waals surface area contributed by atoms with Crippen molar-refractivity contribution in [2.24, 2.45) is 0 Å². The lowest BCUT2D eigenvalue weighted by Gasteiger charge is -2.18. The summed E-state index contributed by atoms with van der Waals surface area (Å²) in [7, 11) is 0. The van der Waals surface area contributed by atoms with Gasteiger partial charge in [0.1, 0.15) is 0 Å². The molecule has 0 saturated carbocycles. The molecule has 2 aromatic heterocycles. The number of fused-ring (bicyclic) bond motifs is 1. The molecule has 1 aliphatic heterocycles. The average Bonchev–Trinajstić information content (AvgIpc) is 3.50. The Balaban J connectivity index is 1.60. The van der Waals surface area contributed by atoms with Gasteiger partial charge < -0.3 is 20.5 Å². The predicted molar refractivity (Wildman–Crippen MR) is 137 cm³/mol. The number of carbonyl (C=O) groups is 2. The lowest BCUT2D eigenvalue weighted by molar-refractivity contribution is -0.110. The Bertz CT molecular complexity index is 1200. The topological polar surface area (TPSA) is 77.2 Å². The molecule has 0 bridgehead atoms. The van der Waals surface area contributed by atoms with Crippen molar-refractivity contribution in [2.45, 2.75) is 27.7 Å². The van der Waals surface area contributed by atoms with Crippen molar-refractivity contribution in [1.82, 2.24) is 15.2 Å². The van der Waals surface area contributed by atoms with Crippen molar-refractivity contribution in [3.8, 4) is 11.1 Å². The fourth-order valence-corrected chi connectivity index (χ4v) is 4.96. The maximum atomic E-state index is 12.9. The summed E-state index contributed by atoms with van der Waals surface area (Å²) < 4.78 is 0. The third-order valence-electron chi connectivity index (χ3n) is 6.26. The first-order chi connectivity index (χ1) is 15.9. The first-order valence-corrected chi connectivity index (χ1v) is 12.3. The SMILES string of the molecule is CCN(CC)CCNC(=O)c1c(C)[nH]c(/C=C2\C(=O)Nc3ccc(-c4ccsc4)cc32)c1C. The summed E-state index contributed by atoms with van der Waals surface area (Å²) >= 11 is 1.65. The van der Waals surface area contributed by atoms with E-state index in [1.54, 1.807) is 11.3 Å². The zero-order valence-electron chi connectivity index (χ0n) is 19.5. The van der Waals surface area contributed by atoms with Gasteiger partial charge in [-0.05, 0) is 78.7 Å². The molecule has 6 nitrogen and oxygen atoms in total. The Morgan fingerprint density at radius 1 is 1.15 bits per heavy atom. The number of rotatable bonds is 8. The number of aromatic amines is 1. The van der Waals surface area contributed by atoms with Gasteiger partial charge in [0.2, 0.25) is 0 Å². The number of H-pyrrole nitrogens is 1. The molecule has 0 aliphatic carbocycles. The van der Waals surface area contributed by atoms with E-state index in [0.717, 1.165) is 59.0 Å². The fraction of sp³-hybridized carbons (Fsp3) is 0.308. The molecular formula is C26H30N4O2S. The lowest BCUT2D eigenvalue weighted by Crippen LogP contribution is -2.35. The lowest BCUT2D eigenvalue weighted by atomic mass is 9.99. The number of hydrogen-bond donors (Lipinski definition) is 3. The molecule has 1 aromatic carbocycles. The molecule has 3 N–H and O–H groups in total. The zero-order chi connectivity index (χ0) is 23.5. The van der Waals surface area contributed by atoms with E-state index in [4.69, 9.17) is 0 Å². The summed E-state index contributed by atoms with van der Waals surface area (Å²) in [6.07, 6.45) is 1.85. The van der Waals surface area contributed by atoms with E-state index < -0.39 is 0 Å². The van der Waals surface area contributed by atoms with Gasteiger partial charge in [-0.1, -0.05) is 19.9 Å². The van der Waals surface area contributed by atoms with Crippen LogP contribution in [0.4, 0.5) is 5.69 Å². The number of benzene rings is 1. The number of anilines is 1. The molecule has 4 rings (SSSR count). The minimum absolute atomic E-state index is 0.0888. The zero-order valence-corrected chi connectivity index (χ0v) is 20.4. The highest BCUT2D eigenvalue weighted by Crippen LogP contribution is 2.37. The van der Waals surface area contributed by atoms with Crippen LogP contribution in [0.3, 0.4) is 0 Å². The Labute approximate surface area is 198 Å². The fourth-order valence-electron chi connectivity index (χ4n) is 4.30. The summed E-state index contributed by atoms with van der Waals surface area (Å²) in [4.78, 5) is 31.2. The minimum Gasteiger partial charge on any atom is -0.358 e. The van der Waals surface area contributed by atoms with Gasteiger partial charge in [0.15, 0.2) is 0 Å². The summed E-state index contributed by atoms with van der Waals surface area (Å²) in [5, 5.41) is 10.1. The van der Waals surface area contributed by atoms with E-state index in [1.807, 2.05) is 43.5 Å². The van der Waals surface area contributed by atoms with Gasteiger partial charge in [0, 0.05) is 35.7 Å². The molecule has 3 heterocycles. The Morgan fingerprint density at radius 2 is 1.94 bits per heavy atom. The third kappa shape index (κ3) is 4.65. The summed E-state index contributed by atoms with van der Waals surface area (Å²) in [6.45, 7) is 11.4. The first-order valence-electron chi connectivity index (χ1n) is 11.3. The number of nitrogens with one attached hydrogen (secondary N) is 3. The molecule has 0 radical (unpaired) electrons. The number of nitrogens with zero attached hydrogens (tertiary/aromatic N) is 1. The quantitative estimate of drug-likeness (QED) is 0.416. The standard InChI is InChI=1S/C26H30N4O2S/c1-5-30(6-2)11-10-27-26(32)24-16(3)23(28-17(24)4)14-21-20-13-18(19-9-12-33-15-19)7-8-22(20)29-25(21)31/h7-9,12-15,28H,5-6,10-11H2,1-4H3,(H,27,32)(H,29,31)/b21-14-. The van der Waals surface area contributed by atoms with E-state index in [9.17, 15) is 9.59 Å². The van der Waals surface area contributed by atoms with Crippen LogP contribution in [0.1, 0.15) is 46.7 Å². The molecule has 1 aliphatic rings. The van der Waals surface area contributed by atoms with Gasteiger partial charge in [-0.3, -0.25) is 9.59 Å². The molecule has 0 saturated heterocycles. The van der Waals surface area contributed by atoms with Crippen LogP contribution in [0.5, 0.6) is 0 Å². The molecule has 0 fully saturated rings. The van der Waals surface area contributed by atoms with Gasteiger partial charge >= 0.3 is 0 Å². The van der Waals surface area contributed by atoms with Gasteiger partial charge in [0.25, 0.3) is 11.8 Å². The molecule has 3 aromatic rings. The van der Waals surface area contributed by atoms with Crippen LogP contribution in [0.25, 0.3) is 22.8 Å². The van der Waals surface area contributed by atoms with Crippen LogP contribution >= 0.6 is 11.3 Å². The highest BCUT2D eigenvalue weighted by atomic mass is 32.1. The van der Waals surface area contributed by atoms with Crippen molar-refractivity contribution >= 4 is 40.5 Å². The molecule has 0 unspecified atom stereocenters. The Morgan fingerprint density at radius 3 is 2.64 bits per heavy atom. The normalized spacial score (nSPS) is 14.1. The molecule has 0 spiro atoms. The van der Waals surface area contributed by atoms with Gasteiger partial charge in [-0.25, -0.2) is 0 Å². The highest BCUT2D eigenvalue weighted by Gasteiger charge is 2.26. The number of hydrogen-bond acceptors (Lipinski definition) is 4. The number of thiophene rings is 1. The second-order valence-electron chi connectivity index (χ2n) is 8.23. The summed E-state index contributed by atoms with van der Waals surface area (Å²) in [6, 6.07) is 8.09. The number of likely N-dealkylation sites (N-methyl/N-ethyl adjacent to an activating group) is 1. The third-order valence-corrected chi connectivity index (χ3v) is 6.94. The second-order valence-corrected chi connectivity index (χ2v) is 9.01. The highest BCUT2D eigenvalue weighted by molar-refractivity contribution is 7.08. The Kier molecular flexibility index (Phi) is 6.81. The van der Waals surface area contributed by atoms with E-state index in [2.05, 4.69) is 45.8 Å². The molecule has 33 heavy (non-hydrogen) atoms. The number of aryl methyl sites for hydroxylation is 1. The van der Waals surface area contributed by atoms with Gasteiger partial charge in [0.05, 0.1) is 11.1 Å². The smallest absolute Gasteiger partial charge is 0.256 e. The minimum atomic E-state index is -0.135. The summed E-state index contributed by atoms with van der Waals surface area (Å²) in [5.74, 6) is -0.224. The monoisotopic (exact) mass is 462 g/mol.